The van der Waals surface area contributed by atoms with Gasteiger partial charge in [-0.1, -0.05) is 30.3 Å². The number of benzene rings is 2. The van der Waals surface area contributed by atoms with Crippen LogP contribution in [0, 0.1) is 6.92 Å². The van der Waals surface area contributed by atoms with Crippen molar-refractivity contribution in [2.24, 2.45) is 0 Å². The van der Waals surface area contributed by atoms with Crippen molar-refractivity contribution in [3.05, 3.63) is 59.2 Å². The average Bonchev–Trinajstić information content (AvgIpc) is 3.03. The van der Waals surface area contributed by atoms with Crippen LogP contribution < -0.4 is 10.2 Å². The molecule has 2 aromatic carbocycles. The Morgan fingerprint density at radius 1 is 1.25 bits per heavy atom. The molecule has 2 aliphatic rings. The first kappa shape index (κ1) is 14.8. The van der Waals surface area contributed by atoms with Crippen molar-refractivity contribution < 1.29 is 14.3 Å². The molecule has 122 valence electrons. The van der Waals surface area contributed by atoms with Gasteiger partial charge in [-0.3, -0.25) is 9.59 Å². The van der Waals surface area contributed by atoms with Gasteiger partial charge in [-0.25, -0.2) is 0 Å². The molecule has 2 unspecified atom stereocenters. The number of carbonyl (C=O) groups is 2. The third-order valence-electron chi connectivity index (χ3n) is 5.05. The molecular weight excluding hydrogens is 304 g/mol. The van der Waals surface area contributed by atoms with Crippen LogP contribution in [-0.2, 0) is 19.9 Å². The van der Waals surface area contributed by atoms with E-state index in [1.165, 1.54) is 7.11 Å². The molecule has 4 rings (SSSR count). The minimum atomic E-state index is -1.14. The smallest absolute Gasteiger partial charge is 0.316 e. The second-order valence-electron chi connectivity index (χ2n) is 6.36. The Hall–Kier alpha value is -2.82. The summed E-state index contributed by atoms with van der Waals surface area (Å²) in [6, 6.07) is 13.4. The van der Waals surface area contributed by atoms with Crippen LogP contribution >= 0.6 is 0 Å². The number of nitrogens with zero attached hydrogens (tertiary/aromatic N) is 1. The lowest BCUT2D eigenvalue weighted by Gasteiger charge is -2.29. The molecule has 0 fully saturated rings. The predicted octanol–water partition coefficient (Wildman–Crippen LogP) is 2.55. The molecule has 1 spiro atoms. The van der Waals surface area contributed by atoms with E-state index in [1.807, 2.05) is 49.4 Å². The number of hydrogen-bond acceptors (Lipinski definition) is 4. The van der Waals surface area contributed by atoms with Gasteiger partial charge in [0.1, 0.15) is 5.92 Å². The Kier molecular flexibility index (Phi) is 2.97. The molecule has 1 N–H and O–H groups in total. The molecule has 2 atom stereocenters. The minimum absolute atomic E-state index is 0.145. The van der Waals surface area contributed by atoms with E-state index in [0.717, 1.165) is 28.1 Å². The first-order valence-electron chi connectivity index (χ1n) is 7.85. The van der Waals surface area contributed by atoms with Gasteiger partial charge in [-0.2, -0.15) is 0 Å². The van der Waals surface area contributed by atoms with Gasteiger partial charge in [0.2, 0.25) is 0 Å². The van der Waals surface area contributed by atoms with Crippen molar-refractivity contribution in [1.82, 2.24) is 0 Å². The van der Waals surface area contributed by atoms with E-state index >= 15 is 0 Å². The fourth-order valence-electron chi connectivity index (χ4n) is 3.96. The number of para-hydroxylation sites is 1. The fraction of sp³-hybridized carbons (Fsp3) is 0.263. The lowest BCUT2D eigenvalue weighted by molar-refractivity contribution is -0.146. The SMILES string of the molecule is COC(=O)C1c2ccc(C)cc2NC12C(=O)N(C)c1ccccc12. The maximum atomic E-state index is 13.2. The van der Waals surface area contributed by atoms with Crippen LogP contribution in [0.5, 0.6) is 0 Å². The zero-order valence-electron chi connectivity index (χ0n) is 13.8. The number of esters is 1. The molecule has 0 saturated heterocycles. The van der Waals surface area contributed by atoms with Gasteiger partial charge >= 0.3 is 5.97 Å². The number of ether oxygens (including phenoxy) is 1. The zero-order chi connectivity index (χ0) is 17.1. The Labute approximate surface area is 140 Å². The molecule has 0 radical (unpaired) electrons. The molecule has 0 bridgehead atoms. The van der Waals surface area contributed by atoms with Gasteiger partial charge in [-0.15, -0.1) is 0 Å². The van der Waals surface area contributed by atoms with E-state index in [2.05, 4.69) is 5.32 Å². The van der Waals surface area contributed by atoms with Gasteiger partial charge in [0.25, 0.3) is 5.91 Å². The van der Waals surface area contributed by atoms with Gasteiger partial charge < -0.3 is 15.0 Å². The van der Waals surface area contributed by atoms with E-state index in [9.17, 15) is 9.59 Å². The number of rotatable bonds is 1. The topological polar surface area (TPSA) is 58.6 Å². The second-order valence-corrected chi connectivity index (χ2v) is 6.36. The summed E-state index contributed by atoms with van der Waals surface area (Å²) in [6.07, 6.45) is 0. The molecule has 0 saturated carbocycles. The number of hydrogen-bond donors (Lipinski definition) is 1. The lowest BCUT2D eigenvalue weighted by Crippen LogP contribution is -2.48. The minimum Gasteiger partial charge on any atom is -0.468 e. The molecule has 2 aromatic rings. The third kappa shape index (κ3) is 1.64. The monoisotopic (exact) mass is 322 g/mol. The van der Waals surface area contributed by atoms with Gasteiger partial charge in [0.15, 0.2) is 5.54 Å². The third-order valence-corrected chi connectivity index (χ3v) is 5.05. The molecule has 5 nitrogen and oxygen atoms in total. The number of amides is 1. The van der Waals surface area contributed by atoms with E-state index in [1.54, 1.807) is 11.9 Å². The van der Waals surface area contributed by atoms with Crippen LogP contribution in [0.3, 0.4) is 0 Å². The summed E-state index contributed by atoms with van der Waals surface area (Å²) < 4.78 is 5.06. The highest BCUT2D eigenvalue weighted by molar-refractivity contribution is 6.14. The molecule has 0 aromatic heterocycles. The molecule has 2 heterocycles. The zero-order valence-corrected chi connectivity index (χ0v) is 13.8. The molecule has 5 heteroatoms. The molecule has 0 aliphatic carbocycles. The number of methoxy groups -OCH3 is 1. The first-order chi connectivity index (χ1) is 11.5. The standard InChI is InChI=1S/C19H18N2O3/c1-11-8-9-12-14(10-11)20-19(16(12)17(22)24-3)13-6-4-5-7-15(13)21(2)18(19)23/h4-10,16,20H,1-3H3. The number of anilines is 2. The number of likely N-dealkylation sites (N-methyl/N-ethyl adjacent to an activating group) is 1. The number of aryl methyl sites for hydroxylation is 1. The van der Waals surface area contributed by atoms with Crippen LogP contribution in [0.15, 0.2) is 42.5 Å². The molecule has 1 amide bonds. The maximum Gasteiger partial charge on any atom is 0.316 e. The second kappa shape index (κ2) is 4.84. The predicted molar refractivity (Wildman–Crippen MR) is 91.1 cm³/mol. The Balaban J connectivity index is 2.01. The summed E-state index contributed by atoms with van der Waals surface area (Å²) in [5, 5.41) is 3.36. The summed E-state index contributed by atoms with van der Waals surface area (Å²) in [5.41, 5.74) is 3.15. The van der Waals surface area contributed by atoms with Crippen molar-refractivity contribution in [2.75, 3.05) is 24.4 Å². The highest BCUT2D eigenvalue weighted by Crippen LogP contribution is 2.55. The first-order valence-corrected chi connectivity index (χ1v) is 7.85. The summed E-state index contributed by atoms with van der Waals surface area (Å²) >= 11 is 0. The highest BCUT2D eigenvalue weighted by atomic mass is 16.5. The number of fused-ring (bicyclic) bond motifs is 3. The summed E-state index contributed by atoms with van der Waals surface area (Å²) in [6.45, 7) is 1.98. The normalized spacial score (nSPS) is 23.9. The van der Waals surface area contributed by atoms with Crippen molar-refractivity contribution in [3.8, 4) is 0 Å². The largest absolute Gasteiger partial charge is 0.468 e. The van der Waals surface area contributed by atoms with Gasteiger partial charge in [0.05, 0.1) is 7.11 Å². The summed E-state index contributed by atoms with van der Waals surface area (Å²) in [7, 11) is 3.09. The Bertz CT molecular complexity index is 877. The van der Waals surface area contributed by atoms with E-state index in [-0.39, 0.29) is 5.91 Å². The fourth-order valence-corrected chi connectivity index (χ4v) is 3.96. The van der Waals surface area contributed by atoms with Gasteiger partial charge in [-0.05, 0) is 30.2 Å². The Morgan fingerprint density at radius 2 is 2.00 bits per heavy atom. The highest BCUT2D eigenvalue weighted by Gasteiger charge is 2.62. The maximum absolute atomic E-state index is 13.2. The van der Waals surface area contributed by atoms with Crippen LogP contribution in [0.1, 0.15) is 22.6 Å². The molecule has 2 aliphatic heterocycles. The lowest BCUT2D eigenvalue weighted by atomic mass is 9.78. The van der Waals surface area contributed by atoms with Crippen molar-refractivity contribution in [2.45, 2.75) is 18.4 Å². The summed E-state index contributed by atoms with van der Waals surface area (Å²) in [4.78, 5) is 27.5. The van der Waals surface area contributed by atoms with Crippen LogP contribution in [0.25, 0.3) is 0 Å². The van der Waals surface area contributed by atoms with Crippen LogP contribution in [0.4, 0.5) is 11.4 Å². The Morgan fingerprint density at radius 3 is 2.75 bits per heavy atom. The van der Waals surface area contributed by atoms with E-state index in [4.69, 9.17) is 4.74 Å². The number of nitrogens with one attached hydrogen (secondary N) is 1. The van der Waals surface area contributed by atoms with Crippen molar-refractivity contribution in [1.29, 1.82) is 0 Å². The summed E-state index contributed by atoms with van der Waals surface area (Å²) in [5.74, 6) is -1.27. The molecule has 24 heavy (non-hydrogen) atoms. The van der Waals surface area contributed by atoms with E-state index in [0.29, 0.717) is 0 Å². The quantitative estimate of drug-likeness (QED) is 0.820. The average molecular weight is 322 g/mol. The van der Waals surface area contributed by atoms with Crippen LogP contribution in [0.2, 0.25) is 0 Å². The van der Waals surface area contributed by atoms with Crippen LogP contribution in [-0.4, -0.2) is 26.0 Å². The molecular formula is C19H18N2O3. The van der Waals surface area contributed by atoms with E-state index < -0.39 is 17.4 Å². The van der Waals surface area contributed by atoms with Crippen molar-refractivity contribution >= 4 is 23.3 Å². The number of carbonyl (C=O) groups excluding carboxylic acids is 2. The van der Waals surface area contributed by atoms with Gasteiger partial charge in [0, 0.05) is 24.0 Å². The van der Waals surface area contributed by atoms with Crippen molar-refractivity contribution in [3.63, 3.8) is 0 Å².